The SMILES string of the molecule is Cc1cccc(C)c1N1CC2(CCNC2)OC1=O. The zero-order chi connectivity index (χ0) is 12.8. The van der Waals surface area contributed by atoms with Crippen molar-refractivity contribution in [2.45, 2.75) is 25.9 Å². The summed E-state index contributed by atoms with van der Waals surface area (Å²) < 4.78 is 5.61. The molecule has 1 aromatic carbocycles. The monoisotopic (exact) mass is 246 g/mol. The lowest BCUT2D eigenvalue weighted by Crippen LogP contribution is -2.36. The van der Waals surface area contributed by atoms with Gasteiger partial charge < -0.3 is 10.1 Å². The summed E-state index contributed by atoms with van der Waals surface area (Å²) in [4.78, 5) is 13.9. The lowest BCUT2D eigenvalue weighted by atomic mass is 10.0. The fourth-order valence-corrected chi connectivity index (χ4v) is 2.97. The Morgan fingerprint density at radius 2 is 2.06 bits per heavy atom. The number of ether oxygens (including phenoxy) is 1. The Morgan fingerprint density at radius 3 is 2.67 bits per heavy atom. The van der Waals surface area contributed by atoms with Crippen LogP contribution in [0.15, 0.2) is 18.2 Å². The number of nitrogens with zero attached hydrogens (tertiary/aromatic N) is 1. The molecule has 0 bridgehead atoms. The van der Waals surface area contributed by atoms with Crippen LogP contribution in [0.1, 0.15) is 17.5 Å². The van der Waals surface area contributed by atoms with Gasteiger partial charge in [0.05, 0.1) is 12.2 Å². The predicted octanol–water partition coefficient (Wildman–Crippen LogP) is 1.99. The van der Waals surface area contributed by atoms with Gasteiger partial charge in [-0.1, -0.05) is 18.2 Å². The Bertz CT molecular complexity index is 472. The summed E-state index contributed by atoms with van der Waals surface area (Å²) in [7, 11) is 0. The van der Waals surface area contributed by atoms with Crippen LogP contribution in [0.2, 0.25) is 0 Å². The summed E-state index contributed by atoms with van der Waals surface area (Å²) in [6.07, 6.45) is 0.691. The molecule has 3 rings (SSSR count). The molecule has 2 aliphatic heterocycles. The van der Waals surface area contributed by atoms with Gasteiger partial charge in [0.1, 0.15) is 5.60 Å². The fourth-order valence-electron chi connectivity index (χ4n) is 2.97. The van der Waals surface area contributed by atoms with Crippen LogP contribution in [0.3, 0.4) is 0 Å². The number of nitrogens with one attached hydrogen (secondary N) is 1. The number of amides is 1. The third-order valence-corrected chi connectivity index (χ3v) is 3.88. The molecule has 4 heteroatoms. The van der Waals surface area contributed by atoms with E-state index in [9.17, 15) is 4.79 Å². The van der Waals surface area contributed by atoms with E-state index < -0.39 is 0 Å². The van der Waals surface area contributed by atoms with Crippen molar-refractivity contribution in [1.82, 2.24) is 5.32 Å². The van der Waals surface area contributed by atoms with Gasteiger partial charge in [0.15, 0.2) is 0 Å². The molecule has 1 unspecified atom stereocenters. The predicted molar refractivity (Wildman–Crippen MR) is 70.0 cm³/mol. The number of carbonyl (C=O) groups is 1. The first kappa shape index (κ1) is 11.5. The summed E-state index contributed by atoms with van der Waals surface area (Å²) in [6, 6.07) is 6.09. The maximum Gasteiger partial charge on any atom is 0.415 e. The first-order valence-corrected chi connectivity index (χ1v) is 6.39. The van der Waals surface area contributed by atoms with Gasteiger partial charge in [-0.15, -0.1) is 0 Å². The molecule has 1 aromatic rings. The largest absolute Gasteiger partial charge is 0.439 e. The fraction of sp³-hybridized carbons (Fsp3) is 0.500. The van der Waals surface area contributed by atoms with E-state index in [1.165, 1.54) is 0 Å². The van der Waals surface area contributed by atoms with Gasteiger partial charge in [-0.25, -0.2) is 4.79 Å². The Morgan fingerprint density at radius 1 is 1.33 bits per heavy atom. The van der Waals surface area contributed by atoms with E-state index in [2.05, 4.69) is 5.32 Å². The second-order valence-electron chi connectivity index (χ2n) is 5.30. The van der Waals surface area contributed by atoms with E-state index in [1.54, 1.807) is 4.90 Å². The van der Waals surface area contributed by atoms with Crippen LogP contribution < -0.4 is 10.2 Å². The summed E-state index contributed by atoms with van der Waals surface area (Å²) in [5.41, 5.74) is 2.93. The number of aryl methyl sites for hydroxylation is 2. The summed E-state index contributed by atoms with van der Waals surface area (Å²) in [5.74, 6) is 0. The smallest absolute Gasteiger partial charge is 0.415 e. The summed E-state index contributed by atoms with van der Waals surface area (Å²) in [6.45, 7) is 6.42. The molecule has 0 aromatic heterocycles. The highest BCUT2D eigenvalue weighted by atomic mass is 16.6. The van der Waals surface area contributed by atoms with E-state index in [0.717, 1.165) is 36.3 Å². The third kappa shape index (κ3) is 1.68. The normalized spacial score (nSPS) is 27.0. The van der Waals surface area contributed by atoms with E-state index in [1.807, 2.05) is 32.0 Å². The van der Waals surface area contributed by atoms with Crippen molar-refractivity contribution in [1.29, 1.82) is 0 Å². The maximum absolute atomic E-state index is 12.1. The van der Waals surface area contributed by atoms with Crippen LogP contribution in [-0.2, 0) is 4.74 Å². The summed E-state index contributed by atoms with van der Waals surface area (Å²) >= 11 is 0. The Kier molecular flexibility index (Phi) is 2.55. The maximum atomic E-state index is 12.1. The highest BCUT2D eigenvalue weighted by Crippen LogP contribution is 2.35. The average Bonchev–Trinajstić information content (AvgIpc) is 2.88. The molecule has 1 spiro atoms. The first-order chi connectivity index (χ1) is 8.61. The number of para-hydroxylation sites is 1. The van der Waals surface area contributed by atoms with Crippen LogP contribution in [-0.4, -0.2) is 31.3 Å². The topological polar surface area (TPSA) is 41.6 Å². The molecule has 1 N–H and O–H groups in total. The van der Waals surface area contributed by atoms with Crippen molar-refractivity contribution in [3.8, 4) is 0 Å². The molecule has 2 fully saturated rings. The van der Waals surface area contributed by atoms with Crippen molar-refractivity contribution in [3.05, 3.63) is 29.3 Å². The lowest BCUT2D eigenvalue weighted by molar-refractivity contribution is 0.0733. The van der Waals surface area contributed by atoms with Gasteiger partial charge in [0.2, 0.25) is 0 Å². The minimum atomic E-state index is -0.314. The third-order valence-electron chi connectivity index (χ3n) is 3.88. The van der Waals surface area contributed by atoms with Crippen molar-refractivity contribution in [2.24, 2.45) is 0 Å². The molecule has 0 radical (unpaired) electrons. The van der Waals surface area contributed by atoms with E-state index >= 15 is 0 Å². The molecule has 1 atom stereocenters. The van der Waals surface area contributed by atoms with E-state index in [-0.39, 0.29) is 11.7 Å². The minimum absolute atomic E-state index is 0.212. The van der Waals surface area contributed by atoms with Crippen molar-refractivity contribution in [2.75, 3.05) is 24.5 Å². The Hall–Kier alpha value is -1.55. The highest BCUT2D eigenvalue weighted by molar-refractivity contribution is 5.92. The molecular formula is C14H18N2O2. The number of hydrogen-bond donors (Lipinski definition) is 1. The van der Waals surface area contributed by atoms with Gasteiger partial charge in [0, 0.05) is 13.0 Å². The van der Waals surface area contributed by atoms with Crippen LogP contribution in [0.4, 0.5) is 10.5 Å². The quantitative estimate of drug-likeness (QED) is 0.824. The molecule has 0 saturated carbocycles. The van der Waals surface area contributed by atoms with Crippen LogP contribution >= 0.6 is 0 Å². The molecule has 0 aliphatic carbocycles. The van der Waals surface area contributed by atoms with Crippen molar-refractivity contribution < 1.29 is 9.53 Å². The standard InChI is InChI=1S/C14H18N2O2/c1-10-4-3-5-11(2)12(10)16-9-14(18-13(16)17)6-7-15-8-14/h3-5,15H,6-9H2,1-2H3. The summed E-state index contributed by atoms with van der Waals surface area (Å²) in [5, 5.41) is 3.27. The number of rotatable bonds is 1. The molecular weight excluding hydrogens is 228 g/mol. The molecule has 1 amide bonds. The van der Waals surface area contributed by atoms with Gasteiger partial charge in [0.25, 0.3) is 0 Å². The van der Waals surface area contributed by atoms with Crippen molar-refractivity contribution in [3.63, 3.8) is 0 Å². The second kappa shape index (κ2) is 3.99. The van der Waals surface area contributed by atoms with Crippen LogP contribution in [0, 0.1) is 13.8 Å². The molecule has 2 aliphatic rings. The van der Waals surface area contributed by atoms with Crippen LogP contribution in [0.25, 0.3) is 0 Å². The van der Waals surface area contributed by atoms with Crippen LogP contribution in [0.5, 0.6) is 0 Å². The molecule has 2 heterocycles. The van der Waals surface area contributed by atoms with Gasteiger partial charge in [-0.2, -0.15) is 0 Å². The molecule has 96 valence electrons. The van der Waals surface area contributed by atoms with Gasteiger partial charge >= 0.3 is 6.09 Å². The van der Waals surface area contributed by atoms with E-state index in [4.69, 9.17) is 4.74 Å². The van der Waals surface area contributed by atoms with E-state index in [0.29, 0.717) is 6.54 Å². The van der Waals surface area contributed by atoms with Gasteiger partial charge in [-0.05, 0) is 31.5 Å². The second-order valence-corrected chi connectivity index (χ2v) is 5.30. The number of carbonyl (C=O) groups excluding carboxylic acids is 1. The van der Waals surface area contributed by atoms with Crippen molar-refractivity contribution >= 4 is 11.8 Å². The van der Waals surface area contributed by atoms with Gasteiger partial charge in [-0.3, -0.25) is 4.90 Å². The molecule has 4 nitrogen and oxygen atoms in total. The zero-order valence-corrected chi connectivity index (χ0v) is 10.8. The Balaban J connectivity index is 1.96. The minimum Gasteiger partial charge on any atom is -0.439 e. The number of hydrogen-bond acceptors (Lipinski definition) is 3. The first-order valence-electron chi connectivity index (χ1n) is 6.39. The zero-order valence-electron chi connectivity index (χ0n) is 10.8. The molecule has 2 saturated heterocycles. The average molecular weight is 246 g/mol. The molecule has 18 heavy (non-hydrogen) atoms. The highest BCUT2D eigenvalue weighted by Gasteiger charge is 2.48. The Labute approximate surface area is 107 Å². The number of anilines is 1. The number of benzene rings is 1. The lowest BCUT2D eigenvalue weighted by Gasteiger charge is -2.21.